The molecule has 0 amide bonds. The Morgan fingerprint density at radius 3 is 2.52 bits per heavy atom. The molecule has 1 unspecified atom stereocenters. The van der Waals surface area contributed by atoms with Crippen LogP contribution < -0.4 is 0 Å². The van der Waals surface area contributed by atoms with E-state index in [1.807, 2.05) is 0 Å². The van der Waals surface area contributed by atoms with Crippen LogP contribution in [0.25, 0.3) is 0 Å². The molecule has 0 saturated heterocycles. The van der Waals surface area contributed by atoms with Crippen molar-refractivity contribution >= 4 is 13.6 Å². The highest BCUT2D eigenvalue weighted by Gasteiger charge is 2.50. The summed E-state index contributed by atoms with van der Waals surface area (Å²) in [4.78, 5) is 11.3. The van der Waals surface area contributed by atoms with Crippen molar-refractivity contribution in [1.82, 2.24) is 0 Å². The Labute approximate surface area is 135 Å². The first-order valence-corrected chi connectivity index (χ1v) is 9.18. The lowest BCUT2D eigenvalue weighted by molar-refractivity contribution is -0.151. The molecule has 1 N–H and O–H groups in total. The average Bonchev–Trinajstić information content (AvgIpc) is 3.32. The van der Waals surface area contributed by atoms with Gasteiger partial charge in [-0.2, -0.15) is 0 Å². The largest absolute Gasteiger partial charge is 0.479 e. The Hall–Kier alpha value is -1.23. The fourth-order valence-corrected chi connectivity index (χ4v) is 3.95. The van der Waals surface area contributed by atoms with Gasteiger partial charge >= 0.3 is 13.6 Å². The monoisotopic (exact) mass is 344 g/mol. The molecule has 0 aromatic heterocycles. The van der Waals surface area contributed by atoms with Gasteiger partial charge in [-0.05, 0) is 36.8 Å². The van der Waals surface area contributed by atoms with Gasteiger partial charge in [0.2, 0.25) is 5.67 Å². The number of rotatable bonds is 8. The average molecular weight is 344 g/mol. The van der Waals surface area contributed by atoms with Gasteiger partial charge in [0, 0.05) is 20.1 Å². The predicted molar refractivity (Wildman–Crippen MR) is 84.4 cm³/mol. The van der Waals surface area contributed by atoms with Crippen LogP contribution in [0, 0.1) is 5.92 Å². The van der Waals surface area contributed by atoms with E-state index in [1.54, 1.807) is 24.3 Å². The zero-order valence-electron chi connectivity index (χ0n) is 13.5. The Kier molecular flexibility index (Phi) is 5.29. The summed E-state index contributed by atoms with van der Waals surface area (Å²) in [5, 5.41) is 9.22. The van der Waals surface area contributed by atoms with Gasteiger partial charge in [-0.1, -0.05) is 24.3 Å². The van der Waals surface area contributed by atoms with E-state index in [-0.39, 0.29) is 12.1 Å². The molecule has 5 nitrogen and oxygen atoms in total. The maximum Gasteiger partial charge on any atom is 0.341 e. The number of alkyl halides is 1. The van der Waals surface area contributed by atoms with Gasteiger partial charge < -0.3 is 14.2 Å². The third-order valence-electron chi connectivity index (χ3n) is 4.34. The maximum atomic E-state index is 14.8. The van der Waals surface area contributed by atoms with Crippen LogP contribution in [0.4, 0.5) is 4.39 Å². The molecule has 1 saturated carbocycles. The lowest BCUT2D eigenvalue weighted by atomic mass is 9.80. The highest BCUT2D eigenvalue weighted by atomic mass is 31.2. The Bertz CT molecular complexity index is 619. The minimum absolute atomic E-state index is 0.0213. The van der Waals surface area contributed by atoms with Crippen molar-refractivity contribution in [1.29, 1.82) is 0 Å². The molecule has 128 valence electrons. The fraction of sp³-hybridized carbons (Fsp3) is 0.562. The number of halogens is 1. The summed E-state index contributed by atoms with van der Waals surface area (Å²) in [6.07, 6.45) is 1.69. The predicted octanol–water partition coefficient (Wildman–Crippen LogP) is 3.98. The minimum Gasteiger partial charge on any atom is -0.479 e. The molecule has 0 heterocycles. The van der Waals surface area contributed by atoms with E-state index in [9.17, 15) is 18.9 Å². The van der Waals surface area contributed by atoms with E-state index in [0.29, 0.717) is 11.1 Å². The second-order valence-corrected chi connectivity index (χ2v) is 8.34. The molecule has 2 atom stereocenters. The number of carboxylic acids is 1. The first kappa shape index (κ1) is 18.1. The highest BCUT2D eigenvalue weighted by molar-refractivity contribution is 7.52. The molecule has 1 fully saturated rings. The second-order valence-electron chi connectivity index (χ2n) is 6.08. The third-order valence-corrected chi connectivity index (χ3v) is 6.20. The number of carbonyl (C=O) groups is 1. The molecule has 1 aromatic rings. The number of aliphatic carboxylic acids is 1. The Balaban J connectivity index is 2.34. The van der Waals surface area contributed by atoms with Crippen LogP contribution in [0.3, 0.4) is 0 Å². The molecular formula is C16H22FO5P. The SMILES string of the molecule is COP(=O)(Cc1cccc([C@H](C2CC2)C(C)(F)C(=O)O)c1)OC. The zero-order valence-corrected chi connectivity index (χ0v) is 14.4. The molecule has 23 heavy (non-hydrogen) atoms. The Morgan fingerprint density at radius 2 is 2.04 bits per heavy atom. The first-order valence-electron chi connectivity index (χ1n) is 7.45. The van der Waals surface area contributed by atoms with Crippen molar-refractivity contribution < 1.29 is 27.9 Å². The number of hydrogen-bond acceptors (Lipinski definition) is 4. The molecule has 1 aliphatic carbocycles. The highest BCUT2D eigenvalue weighted by Crippen LogP contribution is 2.52. The van der Waals surface area contributed by atoms with Gasteiger partial charge in [0.1, 0.15) is 0 Å². The Morgan fingerprint density at radius 1 is 1.43 bits per heavy atom. The molecule has 0 radical (unpaired) electrons. The van der Waals surface area contributed by atoms with Crippen molar-refractivity contribution in [3.8, 4) is 0 Å². The summed E-state index contributed by atoms with van der Waals surface area (Å²) in [7, 11) is -0.612. The van der Waals surface area contributed by atoms with Gasteiger partial charge in [-0.15, -0.1) is 0 Å². The smallest absolute Gasteiger partial charge is 0.341 e. The van der Waals surface area contributed by atoms with E-state index in [0.717, 1.165) is 19.8 Å². The summed E-state index contributed by atoms with van der Waals surface area (Å²) in [5.74, 6) is -2.16. The van der Waals surface area contributed by atoms with E-state index in [1.165, 1.54) is 14.2 Å². The van der Waals surface area contributed by atoms with Gasteiger partial charge in [0.15, 0.2) is 0 Å². The lowest BCUT2D eigenvalue weighted by Gasteiger charge is -2.27. The molecule has 1 aromatic carbocycles. The van der Waals surface area contributed by atoms with Gasteiger partial charge in [-0.3, -0.25) is 4.57 Å². The van der Waals surface area contributed by atoms with Crippen LogP contribution in [0.1, 0.15) is 36.8 Å². The van der Waals surface area contributed by atoms with Crippen LogP contribution in [0.2, 0.25) is 0 Å². The van der Waals surface area contributed by atoms with Crippen molar-refractivity contribution in [2.45, 2.75) is 37.5 Å². The van der Waals surface area contributed by atoms with Gasteiger partial charge in [-0.25, -0.2) is 9.18 Å². The standard InChI is InChI=1S/C16H22FO5P/c1-16(17,15(18)19)14(12-7-8-12)13-6-4-5-11(9-13)10-23(20,21-2)22-3/h4-6,9,12,14H,7-8,10H2,1-3H3,(H,18,19)/t14-,16?/m0/s1. The van der Waals surface area contributed by atoms with Crippen LogP contribution >= 0.6 is 7.60 Å². The van der Waals surface area contributed by atoms with Gasteiger partial charge in [0.05, 0.1) is 6.16 Å². The zero-order chi connectivity index (χ0) is 17.3. The number of hydrogen-bond donors (Lipinski definition) is 1. The topological polar surface area (TPSA) is 72.8 Å². The normalized spacial score (nSPS) is 19.1. The fourth-order valence-electron chi connectivity index (χ4n) is 2.90. The summed E-state index contributed by atoms with van der Waals surface area (Å²) < 4.78 is 36.8. The minimum atomic E-state index is -3.23. The van der Waals surface area contributed by atoms with E-state index < -0.39 is 25.2 Å². The summed E-state index contributed by atoms with van der Waals surface area (Å²) in [6, 6.07) is 6.88. The molecule has 7 heteroatoms. The van der Waals surface area contributed by atoms with Crippen molar-refractivity contribution in [3.05, 3.63) is 35.4 Å². The molecule has 0 bridgehead atoms. The van der Waals surface area contributed by atoms with Crippen LogP contribution in [-0.4, -0.2) is 31.0 Å². The van der Waals surface area contributed by atoms with E-state index >= 15 is 0 Å². The lowest BCUT2D eigenvalue weighted by Crippen LogP contribution is -2.38. The number of carboxylic acid groups (broad SMARTS) is 1. The van der Waals surface area contributed by atoms with Crippen molar-refractivity contribution in [3.63, 3.8) is 0 Å². The molecule has 0 aliphatic heterocycles. The third kappa shape index (κ3) is 4.00. The van der Waals surface area contributed by atoms with Gasteiger partial charge in [0.25, 0.3) is 0 Å². The maximum absolute atomic E-state index is 14.8. The summed E-state index contributed by atoms with van der Waals surface area (Å²) in [6.45, 7) is 1.11. The summed E-state index contributed by atoms with van der Waals surface area (Å²) in [5.41, 5.74) is -1.07. The molecule has 0 spiro atoms. The number of benzene rings is 1. The van der Waals surface area contributed by atoms with Crippen molar-refractivity contribution in [2.24, 2.45) is 5.92 Å². The van der Waals surface area contributed by atoms with Crippen LogP contribution in [-0.2, 0) is 24.6 Å². The van der Waals surface area contributed by atoms with Crippen molar-refractivity contribution in [2.75, 3.05) is 14.2 Å². The quantitative estimate of drug-likeness (QED) is 0.722. The van der Waals surface area contributed by atoms with Crippen LogP contribution in [0.15, 0.2) is 24.3 Å². The molecular weight excluding hydrogens is 322 g/mol. The summed E-state index contributed by atoms with van der Waals surface area (Å²) >= 11 is 0. The van der Waals surface area contributed by atoms with Crippen LogP contribution in [0.5, 0.6) is 0 Å². The second kappa shape index (κ2) is 6.71. The first-order chi connectivity index (χ1) is 10.7. The van der Waals surface area contributed by atoms with E-state index in [2.05, 4.69) is 0 Å². The molecule has 2 rings (SSSR count). The van der Waals surface area contributed by atoms with E-state index in [4.69, 9.17) is 9.05 Å². The molecule has 1 aliphatic rings.